The number of likely N-dealkylation sites (tertiary alicyclic amines) is 1. The van der Waals surface area contributed by atoms with E-state index in [4.69, 9.17) is 22.1 Å². The van der Waals surface area contributed by atoms with Crippen LogP contribution < -0.4 is 10.5 Å². The minimum atomic E-state index is -0.501. The van der Waals surface area contributed by atoms with Gasteiger partial charge in [0.15, 0.2) is 17.3 Å². The molecule has 1 aromatic heterocycles. The Balaban J connectivity index is 0.00000336. The summed E-state index contributed by atoms with van der Waals surface area (Å²) >= 11 is 6.20. The summed E-state index contributed by atoms with van der Waals surface area (Å²) in [5, 5.41) is 10.9. The molecule has 9 heteroatoms. The Morgan fingerprint density at radius 3 is 2.50 bits per heavy atom. The van der Waals surface area contributed by atoms with Crippen molar-refractivity contribution in [2.24, 2.45) is 5.92 Å². The number of carbonyl (C=O) groups is 1. The lowest BCUT2D eigenvalue weighted by Gasteiger charge is -2.32. The number of ether oxygens (including phenoxy) is 1. The number of phenolic OH excluding ortho intramolecular Hbond substituents is 1. The van der Waals surface area contributed by atoms with Crippen molar-refractivity contribution in [3.05, 3.63) is 46.2 Å². The van der Waals surface area contributed by atoms with E-state index in [9.17, 15) is 9.90 Å². The molecule has 2 aromatic carbocycles. The number of nitrogens with zero attached hydrogens (tertiary/aromatic N) is 2. The summed E-state index contributed by atoms with van der Waals surface area (Å²) in [4.78, 5) is 19.8. The van der Waals surface area contributed by atoms with Crippen LogP contribution in [-0.4, -0.2) is 47.5 Å². The molecular weight excluding hydrogens is 528 g/mol. The second-order valence-corrected chi connectivity index (χ2v) is 10.8. The third-order valence-electron chi connectivity index (χ3n) is 8.02. The van der Waals surface area contributed by atoms with Crippen LogP contribution in [0.3, 0.4) is 0 Å². The van der Waals surface area contributed by atoms with E-state index in [0.29, 0.717) is 22.6 Å². The van der Waals surface area contributed by atoms with Gasteiger partial charge in [-0.15, -0.1) is 12.4 Å². The highest BCUT2D eigenvalue weighted by Gasteiger charge is 2.30. The fraction of sp³-hybridized carbons (Fsp3) is 0.448. The third-order valence-corrected chi connectivity index (χ3v) is 8.31. The number of aromatic nitrogens is 1. The van der Waals surface area contributed by atoms with Crippen LogP contribution in [0.15, 0.2) is 24.3 Å². The van der Waals surface area contributed by atoms with E-state index in [0.717, 1.165) is 43.2 Å². The SMILES string of the molecule is COc1cc(-c2cc3c(C4CCC(CN5CCCC5)CC4)c(C(C)=O)c(N)nc3cc2F)cc(Cl)c1O.Cl. The molecule has 2 aliphatic rings. The van der Waals surface area contributed by atoms with E-state index in [1.807, 2.05) is 0 Å². The first-order chi connectivity index (χ1) is 17.8. The summed E-state index contributed by atoms with van der Waals surface area (Å²) < 4.78 is 20.6. The van der Waals surface area contributed by atoms with Crippen molar-refractivity contribution in [2.45, 2.75) is 51.4 Å². The second-order valence-electron chi connectivity index (χ2n) is 10.4. The first-order valence-corrected chi connectivity index (χ1v) is 13.4. The maximum atomic E-state index is 15.4. The lowest BCUT2D eigenvalue weighted by molar-refractivity contribution is 0.101. The number of aromatic hydroxyl groups is 1. The largest absolute Gasteiger partial charge is 0.503 e. The molecule has 0 bridgehead atoms. The summed E-state index contributed by atoms with van der Waals surface area (Å²) in [5.74, 6) is 0.251. The monoisotopic (exact) mass is 561 g/mol. The molecule has 3 N–H and O–H groups in total. The average Bonchev–Trinajstić information content (AvgIpc) is 3.38. The van der Waals surface area contributed by atoms with Crippen molar-refractivity contribution in [3.8, 4) is 22.6 Å². The summed E-state index contributed by atoms with van der Waals surface area (Å²) in [6, 6.07) is 6.15. The summed E-state index contributed by atoms with van der Waals surface area (Å²) in [6.07, 6.45) is 6.64. The zero-order valence-electron chi connectivity index (χ0n) is 21.7. The van der Waals surface area contributed by atoms with Crippen molar-refractivity contribution in [3.63, 3.8) is 0 Å². The highest BCUT2D eigenvalue weighted by Crippen LogP contribution is 2.44. The van der Waals surface area contributed by atoms with Crippen LogP contribution >= 0.6 is 24.0 Å². The lowest BCUT2D eigenvalue weighted by Crippen LogP contribution is -2.29. The first kappa shape index (κ1) is 28.4. The Morgan fingerprint density at radius 1 is 1.18 bits per heavy atom. The normalized spacial score (nSPS) is 19.9. The maximum Gasteiger partial charge on any atom is 0.176 e. The maximum absolute atomic E-state index is 15.4. The molecule has 3 aromatic rings. The highest BCUT2D eigenvalue weighted by molar-refractivity contribution is 6.32. The van der Waals surface area contributed by atoms with Gasteiger partial charge in [0.05, 0.1) is 23.2 Å². The summed E-state index contributed by atoms with van der Waals surface area (Å²) in [7, 11) is 1.41. The van der Waals surface area contributed by atoms with Crippen molar-refractivity contribution in [2.75, 3.05) is 32.5 Å². The van der Waals surface area contributed by atoms with E-state index >= 15 is 4.39 Å². The molecule has 0 amide bonds. The second kappa shape index (κ2) is 11.6. The fourth-order valence-corrected chi connectivity index (χ4v) is 6.40. The quantitative estimate of drug-likeness (QED) is 0.315. The molecule has 6 nitrogen and oxygen atoms in total. The van der Waals surface area contributed by atoms with Crippen molar-refractivity contribution < 1.29 is 19.0 Å². The van der Waals surface area contributed by atoms with Gasteiger partial charge in [0.2, 0.25) is 0 Å². The Labute approximate surface area is 233 Å². The summed E-state index contributed by atoms with van der Waals surface area (Å²) in [5.41, 5.74) is 8.76. The van der Waals surface area contributed by atoms with Gasteiger partial charge in [0.1, 0.15) is 11.6 Å². The fourth-order valence-electron chi connectivity index (χ4n) is 6.19. The Bertz CT molecular complexity index is 1350. The Kier molecular flexibility index (Phi) is 8.70. The van der Waals surface area contributed by atoms with Crippen LogP contribution in [0.5, 0.6) is 11.5 Å². The van der Waals surface area contributed by atoms with E-state index in [1.54, 1.807) is 12.1 Å². The third kappa shape index (κ3) is 5.42. The molecule has 0 unspecified atom stereocenters. The van der Waals surface area contributed by atoms with Crippen molar-refractivity contribution >= 4 is 46.5 Å². The smallest absolute Gasteiger partial charge is 0.176 e. The number of Topliss-reactive ketones (excluding diaryl/α,β-unsaturated/α-hetero) is 1. The number of anilines is 1. The molecule has 38 heavy (non-hydrogen) atoms. The molecule has 0 radical (unpaired) electrons. The highest BCUT2D eigenvalue weighted by atomic mass is 35.5. The van der Waals surface area contributed by atoms with E-state index in [1.165, 1.54) is 52.1 Å². The number of halogens is 3. The number of rotatable bonds is 6. The minimum absolute atomic E-state index is 0. The molecule has 0 atom stereocenters. The molecule has 204 valence electrons. The van der Waals surface area contributed by atoms with Gasteiger partial charge < -0.3 is 20.5 Å². The molecule has 2 fully saturated rings. The molecular formula is C29H34Cl2FN3O3. The van der Waals surface area contributed by atoms with Gasteiger partial charge in [-0.3, -0.25) is 4.79 Å². The zero-order chi connectivity index (χ0) is 26.3. The first-order valence-electron chi connectivity index (χ1n) is 13.0. The number of hydrogen-bond acceptors (Lipinski definition) is 6. The number of nitrogens with two attached hydrogens (primary N) is 1. The number of ketones is 1. The van der Waals surface area contributed by atoms with Crippen molar-refractivity contribution in [1.29, 1.82) is 0 Å². The van der Waals surface area contributed by atoms with Crippen LogP contribution in [0.1, 0.15) is 67.3 Å². The molecule has 2 heterocycles. The number of fused-ring (bicyclic) bond motifs is 1. The van der Waals surface area contributed by atoms with Gasteiger partial charge in [0.25, 0.3) is 0 Å². The van der Waals surface area contributed by atoms with Gasteiger partial charge >= 0.3 is 0 Å². The number of methoxy groups -OCH3 is 1. The predicted molar refractivity (Wildman–Crippen MR) is 152 cm³/mol. The van der Waals surface area contributed by atoms with Crippen LogP contribution in [-0.2, 0) is 0 Å². The predicted octanol–water partition coefficient (Wildman–Crippen LogP) is 6.98. The number of nitrogen functional groups attached to an aromatic ring is 1. The summed E-state index contributed by atoms with van der Waals surface area (Å²) in [6.45, 7) is 5.04. The molecule has 1 aliphatic heterocycles. The number of hydrogen-bond donors (Lipinski definition) is 2. The number of carbonyl (C=O) groups excluding carboxylic acids is 1. The molecule has 1 saturated heterocycles. The van der Waals surface area contributed by atoms with E-state index < -0.39 is 5.82 Å². The van der Waals surface area contributed by atoms with Gasteiger partial charge in [-0.1, -0.05) is 11.6 Å². The van der Waals surface area contributed by atoms with Gasteiger partial charge in [-0.25, -0.2) is 9.37 Å². The van der Waals surface area contributed by atoms with Crippen LogP contribution in [0.4, 0.5) is 10.2 Å². The number of benzene rings is 2. The topological polar surface area (TPSA) is 88.7 Å². The molecule has 0 spiro atoms. The average molecular weight is 563 g/mol. The molecule has 5 rings (SSSR count). The Morgan fingerprint density at radius 2 is 1.87 bits per heavy atom. The van der Waals surface area contributed by atoms with Crippen LogP contribution in [0.25, 0.3) is 22.0 Å². The van der Waals surface area contributed by atoms with Crippen LogP contribution in [0, 0.1) is 11.7 Å². The minimum Gasteiger partial charge on any atom is -0.503 e. The standard InChI is InChI=1S/C29H33ClFN3O3.ClH/c1-16(35)26-27(18-7-5-17(6-8-18)15-34-9-3-4-10-34)21-13-20(23(31)14-24(21)33-29(26)32)19-11-22(30)28(36)25(12-19)37-2;/h11-14,17-18,36H,3-10,15H2,1-2H3,(H2,32,33);1H. The number of phenols is 1. The van der Waals surface area contributed by atoms with Crippen LogP contribution in [0.2, 0.25) is 5.02 Å². The van der Waals surface area contributed by atoms with Crippen molar-refractivity contribution in [1.82, 2.24) is 9.88 Å². The van der Waals surface area contributed by atoms with Gasteiger partial charge in [0, 0.05) is 23.6 Å². The molecule has 1 saturated carbocycles. The molecule has 1 aliphatic carbocycles. The zero-order valence-corrected chi connectivity index (χ0v) is 23.3. The van der Waals surface area contributed by atoms with Gasteiger partial charge in [-0.05, 0) is 99.7 Å². The Hall–Kier alpha value is -2.61. The number of pyridine rings is 1. The van der Waals surface area contributed by atoms with Gasteiger partial charge in [-0.2, -0.15) is 0 Å². The van der Waals surface area contributed by atoms with E-state index in [2.05, 4.69) is 9.88 Å². The van der Waals surface area contributed by atoms with E-state index in [-0.39, 0.29) is 52.0 Å². The lowest BCUT2D eigenvalue weighted by atomic mass is 9.75.